The van der Waals surface area contributed by atoms with Gasteiger partial charge in [0.2, 0.25) is 11.1 Å². The number of hydrogen-bond acceptors (Lipinski definition) is 6. The average molecular weight is 403 g/mol. The Bertz CT molecular complexity index is 724. The fourth-order valence-corrected chi connectivity index (χ4v) is 3.03. The molecule has 1 aromatic heterocycles. The van der Waals surface area contributed by atoms with Crippen molar-refractivity contribution in [2.45, 2.75) is 24.7 Å². The van der Waals surface area contributed by atoms with Crippen LogP contribution in [0.4, 0.5) is 0 Å². The molecule has 25 heavy (non-hydrogen) atoms. The lowest BCUT2D eigenvalue weighted by atomic mass is 10.1. The van der Waals surface area contributed by atoms with E-state index in [2.05, 4.69) is 20.8 Å². The molecule has 1 atom stereocenters. The summed E-state index contributed by atoms with van der Waals surface area (Å²) >= 11 is 13.2. The van der Waals surface area contributed by atoms with E-state index in [0.29, 0.717) is 21.7 Å². The van der Waals surface area contributed by atoms with Gasteiger partial charge in [0.05, 0.1) is 28.4 Å². The number of carbonyl (C=O) groups is 1. The minimum atomic E-state index is -0.174. The van der Waals surface area contributed by atoms with Crippen molar-refractivity contribution >= 4 is 40.9 Å². The van der Waals surface area contributed by atoms with Crippen LogP contribution in [0.3, 0.4) is 0 Å². The van der Waals surface area contributed by atoms with Crippen LogP contribution in [0.15, 0.2) is 23.4 Å². The molecule has 7 nitrogen and oxygen atoms in total. The van der Waals surface area contributed by atoms with E-state index in [0.717, 1.165) is 12.1 Å². The molecule has 0 aliphatic heterocycles. The van der Waals surface area contributed by atoms with Crippen LogP contribution < -0.4 is 5.32 Å². The van der Waals surface area contributed by atoms with Crippen molar-refractivity contribution < 1.29 is 4.79 Å². The van der Waals surface area contributed by atoms with Gasteiger partial charge in [-0.25, -0.2) is 4.68 Å². The predicted octanol–water partition coefficient (Wildman–Crippen LogP) is 2.51. The van der Waals surface area contributed by atoms with Crippen LogP contribution in [0, 0.1) is 0 Å². The Morgan fingerprint density at radius 2 is 2.12 bits per heavy atom. The maximum atomic E-state index is 12.2. The summed E-state index contributed by atoms with van der Waals surface area (Å²) in [6.07, 6.45) is 0. The predicted molar refractivity (Wildman–Crippen MR) is 100 cm³/mol. The van der Waals surface area contributed by atoms with Gasteiger partial charge in [-0.15, -0.1) is 5.10 Å². The molecule has 1 heterocycles. The number of tetrazole rings is 1. The largest absolute Gasteiger partial charge is 0.349 e. The average Bonchev–Trinajstić information content (AvgIpc) is 3.01. The number of nitrogens with one attached hydrogen (secondary N) is 1. The zero-order valence-electron chi connectivity index (χ0n) is 14.2. The maximum Gasteiger partial charge on any atom is 0.230 e. The van der Waals surface area contributed by atoms with E-state index in [-0.39, 0.29) is 17.7 Å². The Labute approximate surface area is 161 Å². The van der Waals surface area contributed by atoms with Crippen LogP contribution in [0.25, 0.3) is 0 Å². The molecule has 1 N–H and O–H groups in total. The quantitative estimate of drug-likeness (QED) is 0.683. The molecule has 0 aliphatic rings. The van der Waals surface area contributed by atoms with Gasteiger partial charge in [-0.05, 0) is 49.1 Å². The number of aromatic nitrogens is 4. The number of benzene rings is 1. The topological polar surface area (TPSA) is 75.9 Å². The number of rotatable bonds is 8. The number of hydrogen-bond donors (Lipinski definition) is 1. The first kappa shape index (κ1) is 20.0. The van der Waals surface area contributed by atoms with Crippen LogP contribution in [-0.4, -0.2) is 57.4 Å². The highest BCUT2D eigenvalue weighted by molar-refractivity contribution is 7.99. The third-order valence-electron chi connectivity index (χ3n) is 3.41. The highest BCUT2D eigenvalue weighted by Crippen LogP contribution is 2.25. The molecule has 0 saturated carbocycles. The summed E-state index contributed by atoms with van der Waals surface area (Å²) < 4.78 is 1.69. The first-order chi connectivity index (χ1) is 11.9. The van der Waals surface area contributed by atoms with Crippen LogP contribution in [0.1, 0.15) is 18.5 Å². The van der Waals surface area contributed by atoms with Gasteiger partial charge >= 0.3 is 0 Å². The minimum Gasteiger partial charge on any atom is -0.349 e. The monoisotopic (exact) mass is 402 g/mol. The smallest absolute Gasteiger partial charge is 0.230 e. The molecular formula is C15H20Cl2N6OS. The summed E-state index contributed by atoms with van der Waals surface area (Å²) in [5.74, 6) is 0.124. The zero-order valence-corrected chi connectivity index (χ0v) is 16.6. The van der Waals surface area contributed by atoms with Crippen molar-refractivity contribution in [1.29, 1.82) is 0 Å². The molecule has 0 bridgehead atoms. The van der Waals surface area contributed by atoms with Gasteiger partial charge < -0.3 is 10.2 Å². The van der Waals surface area contributed by atoms with Crippen LogP contribution in [0.2, 0.25) is 10.0 Å². The van der Waals surface area contributed by atoms with E-state index in [9.17, 15) is 4.79 Å². The Balaban J connectivity index is 1.86. The first-order valence-electron chi connectivity index (χ1n) is 7.65. The SMILES string of the molecule is CC(NC(=O)CSc1nnnn1CCN(C)C)c1ccc(Cl)c(Cl)c1. The van der Waals surface area contributed by atoms with Crippen LogP contribution in [0.5, 0.6) is 0 Å². The van der Waals surface area contributed by atoms with E-state index in [4.69, 9.17) is 23.2 Å². The summed E-state index contributed by atoms with van der Waals surface area (Å²) in [4.78, 5) is 14.2. The third kappa shape index (κ3) is 6.14. The highest BCUT2D eigenvalue weighted by atomic mass is 35.5. The number of halogens is 2. The Morgan fingerprint density at radius 1 is 1.36 bits per heavy atom. The van der Waals surface area contributed by atoms with Crippen molar-refractivity contribution in [3.05, 3.63) is 33.8 Å². The number of nitrogens with zero attached hydrogens (tertiary/aromatic N) is 5. The normalized spacial score (nSPS) is 12.4. The zero-order chi connectivity index (χ0) is 18.4. The van der Waals surface area contributed by atoms with Gasteiger partial charge in [-0.3, -0.25) is 4.79 Å². The third-order valence-corrected chi connectivity index (χ3v) is 5.11. The molecule has 0 aliphatic carbocycles. The number of carbonyl (C=O) groups excluding carboxylic acids is 1. The molecule has 1 aromatic carbocycles. The standard InChI is InChI=1S/C15H20Cl2N6OS/c1-10(11-4-5-12(16)13(17)8-11)18-14(24)9-25-15-19-20-21-23(15)7-6-22(2)3/h4-5,8,10H,6-7,9H2,1-3H3,(H,18,24). The highest BCUT2D eigenvalue weighted by Gasteiger charge is 2.14. The number of amides is 1. The Hall–Kier alpha value is -1.35. The van der Waals surface area contributed by atoms with Crippen LogP contribution >= 0.6 is 35.0 Å². The second-order valence-electron chi connectivity index (χ2n) is 5.74. The first-order valence-corrected chi connectivity index (χ1v) is 9.39. The molecule has 2 rings (SSSR count). The van der Waals surface area contributed by atoms with Gasteiger partial charge in [0, 0.05) is 6.54 Å². The fraction of sp³-hybridized carbons (Fsp3) is 0.467. The molecule has 1 amide bonds. The lowest BCUT2D eigenvalue weighted by Crippen LogP contribution is -2.28. The van der Waals surface area contributed by atoms with Gasteiger partial charge in [-0.2, -0.15) is 0 Å². The second kappa shape index (κ2) is 9.38. The van der Waals surface area contributed by atoms with E-state index in [1.807, 2.05) is 32.0 Å². The van der Waals surface area contributed by atoms with Crippen molar-refractivity contribution in [2.24, 2.45) is 0 Å². The number of thioether (sulfide) groups is 1. The molecule has 10 heteroatoms. The van der Waals surface area contributed by atoms with E-state index in [1.165, 1.54) is 11.8 Å². The summed E-state index contributed by atoms with van der Waals surface area (Å²) in [6.45, 7) is 3.38. The maximum absolute atomic E-state index is 12.2. The molecule has 0 radical (unpaired) electrons. The Morgan fingerprint density at radius 3 is 2.80 bits per heavy atom. The van der Waals surface area contributed by atoms with Gasteiger partial charge in [0.25, 0.3) is 0 Å². The van der Waals surface area contributed by atoms with Crippen molar-refractivity contribution in [3.63, 3.8) is 0 Å². The van der Waals surface area contributed by atoms with Gasteiger partial charge in [0.1, 0.15) is 0 Å². The lowest BCUT2D eigenvalue weighted by Gasteiger charge is -2.15. The molecular weight excluding hydrogens is 383 g/mol. The molecule has 0 spiro atoms. The summed E-state index contributed by atoms with van der Waals surface area (Å²) in [5.41, 5.74) is 0.892. The van der Waals surface area contributed by atoms with E-state index >= 15 is 0 Å². The molecule has 2 aromatic rings. The fourth-order valence-electron chi connectivity index (χ4n) is 2.01. The van der Waals surface area contributed by atoms with Gasteiger partial charge in [-0.1, -0.05) is 41.0 Å². The minimum absolute atomic E-state index is 0.106. The lowest BCUT2D eigenvalue weighted by molar-refractivity contribution is -0.119. The molecule has 0 fully saturated rings. The summed E-state index contributed by atoms with van der Waals surface area (Å²) in [7, 11) is 3.96. The van der Waals surface area contributed by atoms with Gasteiger partial charge in [0.15, 0.2) is 0 Å². The second-order valence-corrected chi connectivity index (χ2v) is 7.50. The molecule has 0 saturated heterocycles. The van der Waals surface area contributed by atoms with Crippen molar-refractivity contribution in [2.75, 3.05) is 26.4 Å². The summed E-state index contributed by atoms with van der Waals surface area (Å²) in [5, 5.41) is 16.1. The van der Waals surface area contributed by atoms with Crippen molar-refractivity contribution in [3.8, 4) is 0 Å². The van der Waals surface area contributed by atoms with Crippen molar-refractivity contribution in [1.82, 2.24) is 30.4 Å². The molecule has 136 valence electrons. The van der Waals surface area contributed by atoms with E-state index in [1.54, 1.807) is 16.8 Å². The number of likely N-dealkylation sites (N-methyl/N-ethyl adjacent to an activating group) is 1. The molecule has 1 unspecified atom stereocenters. The Kier molecular flexibility index (Phi) is 7.49. The summed E-state index contributed by atoms with van der Waals surface area (Å²) in [6, 6.07) is 5.14. The van der Waals surface area contributed by atoms with Crippen LogP contribution in [-0.2, 0) is 11.3 Å². The van der Waals surface area contributed by atoms with E-state index < -0.39 is 0 Å².